The molecule has 0 saturated carbocycles. The second kappa shape index (κ2) is 5.39. The summed E-state index contributed by atoms with van der Waals surface area (Å²) in [6, 6.07) is 20.0. The summed E-state index contributed by atoms with van der Waals surface area (Å²) in [5.74, 6) is 0. The molecule has 3 aromatic carbocycles. The Morgan fingerprint density at radius 1 is 0.885 bits per heavy atom. The van der Waals surface area contributed by atoms with Gasteiger partial charge in [-0.3, -0.25) is 4.79 Å². The summed E-state index contributed by atoms with van der Waals surface area (Å²) >= 11 is 0. The molecule has 124 valence electrons. The highest BCUT2D eigenvalue weighted by Gasteiger charge is 2.15. The highest BCUT2D eigenvalue weighted by Crippen LogP contribution is 2.31. The van der Waals surface area contributed by atoms with Gasteiger partial charge in [0.2, 0.25) is 0 Å². The van der Waals surface area contributed by atoms with Crippen molar-refractivity contribution in [3.05, 3.63) is 87.5 Å². The fourth-order valence-corrected chi connectivity index (χ4v) is 3.34. The van der Waals surface area contributed by atoms with Gasteiger partial charge in [-0.05, 0) is 29.0 Å². The van der Waals surface area contributed by atoms with E-state index in [4.69, 9.17) is 4.42 Å². The van der Waals surface area contributed by atoms with Crippen molar-refractivity contribution in [3.63, 3.8) is 0 Å². The monoisotopic (exact) mass is 340 g/mol. The maximum Gasteiger partial charge on any atom is 0.336 e. The third-order valence-electron chi connectivity index (χ3n) is 4.49. The Morgan fingerprint density at radius 2 is 1.69 bits per heavy atom. The van der Waals surface area contributed by atoms with Crippen molar-refractivity contribution >= 4 is 32.8 Å². The van der Waals surface area contributed by atoms with E-state index in [0.29, 0.717) is 27.6 Å². The van der Waals surface area contributed by atoms with Crippen LogP contribution in [0.1, 0.15) is 0 Å². The minimum absolute atomic E-state index is 0.206. The predicted octanol–water partition coefficient (Wildman–Crippen LogP) is 3.85. The number of hydrogen-bond acceptors (Lipinski definition) is 4. The molecule has 0 aliphatic carbocycles. The molecule has 0 unspecified atom stereocenters. The van der Waals surface area contributed by atoms with Crippen molar-refractivity contribution in [1.82, 2.24) is 9.97 Å². The van der Waals surface area contributed by atoms with Crippen LogP contribution in [0.2, 0.25) is 0 Å². The molecule has 0 saturated heterocycles. The number of hydrogen-bond donors (Lipinski definition) is 1. The molecule has 0 aliphatic heterocycles. The van der Waals surface area contributed by atoms with Gasteiger partial charge in [-0.2, -0.15) is 0 Å². The maximum absolute atomic E-state index is 12.7. The molecule has 0 bridgehead atoms. The molecular formula is C21H12N2O3. The first kappa shape index (κ1) is 14.6. The molecule has 1 N–H and O–H groups in total. The molecule has 0 atom stereocenters. The number of benzene rings is 3. The molecule has 2 aromatic heterocycles. The van der Waals surface area contributed by atoms with Gasteiger partial charge < -0.3 is 9.40 Å². The Bertz CT molecular complexity index is 1430. The number of nitrogens with zero attached hydrogens (tertiary/aromatic N) is 1. The number of aromatic nitrogens is 2. The van der Waals surface area contributed by atoms with Gasteiger partial charge in [0.15, 0.2) is 0 Å². The third kappa shape index (κ3) is 2.14. The van der Waals surface area contributed by atoms with Crippen molar-refractivity contribution in [1.29, 1.82) is 0 Å². The topological polar surface area (TPSA) is 76.0 Å². The zero-order valence-corrected chi connectivity index (χ0v) is 13.5. The number of fused-ring (bicyclic) bond motifs is 4. The van der Waals surface area contributed by atoms with Crippen LogP contribution >= 0.6 is 0 Å². The Hall–Kier alpha value is -3.73. The summed E-state index contributed by atoms with van der Waals surface area (Å²) in [5.41, 5.74) is 1.56. The Morgan fingerprint density at radius 3 is 2.62 bits per heavy atom. The Kier molecular flexibility index (Phi) is 3.03. The highest BCUT2D eigenvalue weighted by molar-refractivity contribution is 6.12. The summed E-state index contributed by atoms with van der Waals surface area (Å²) in [5, 5.41) is 2.60. The van der Waals surface area contributed by atoms with Crippen molar-refractivity contribution in [2.75, 3.05) is 0 Å². The van der Waals surface area contributed by atoms with Gasteiger partial charge in [-0.1, -0.05) is 42.5 Å². The molecular weight excluding hydrogens is 328 g/mol. The highest BCUT2D eigenvalue weighted by atomic mass is 16.4. The van der Waals surface area contributed by atoms with Crippen LogP contribution in [0.5, 0.6) is 0 Å². The van der Waals surface area contributed by atoms with Gasteiger partial charge in [-0.15, -0.1) is 0 Å². The molecule has 0 fully saturated rings. The molecule has 0 amide bonds. The van der Waals surface area contributed by atoms with Crippen LogP contribution in [-0.2, 0) is 0 Å². The van der Waals surface area contributed by atoms with E-state index in [1.807, 2.05) is 48.5 Å². The van der Waals surface area contributed by atoms with Crippen molar-refractivity contribution in [2.45, 2.75) is 0 Å². The second-order valence-electron chi connectivity index (χ2n) is 6.07. The summed E-state index contributed by atoms with van der Waals surface area (Å²) in [6.07, 6.45) is 0. The number of rotatable bonds is 1. The van der Waals surface area contributed by atoms with Gasteiger partial charge in [0.05, 0.1) is 11.0 Å². The first-order valence-corrected chi connectivity index (χ1v) is 8.16. The number of nitrogens with one attached hydrogen (secondary N) is 1. The summed E-state index contributed by atoms with van der Waals surface area (Å²) < 4.78 is 5.36. The van der Waals surface area contributed by atoms with Gasteiger partial charge in [0, 0.05) is 17.0 Å². The summed E-state index contributed by atoms with van der Waals surface area (Å²) in [7, 11) is 0. The zero-order chi connectivity index (χ0) is 17.7. The van der Waals surface area contributed by atoms with Gasteiger partial charge in [-0.25, -0.2) is 9.78 Å². The van der Waals surface area contributed by atoms with Crippen molar-refractivity contribution in [2.24, 2.45) is 0 Å². The van der Waals surface area contributed by atoms with E-state index < -0.39 is 5.63 Å². The molecule has 0 radical (unpaired) electrons. The van der Waals surface area contributed by atoms with Gasteiger partial charge >= 0.3 is 5.63 Å². The van der Waals surface area contributed by atoms with Crippen LogP contribution in [0.25, 0.3) is 44.0 Å². The van der Waals surface area contributed by atoms with Crippen molar-refractivity contribution in [3.8, 4) is 11.3 Å². The zero-order valence-electron chi connectivity index (χ0n) is 13.5. The van der Waals surface area contributed by atoms with E-state index >= 15 is 0 Å². The fourth-order valence-electron chi connectivity index (χ4n) is 3.34. The average Bonchev–Trinajstić information content (AvgIpc) is 2.66. The largest absolute Gasteiger partial charge is 0.423 e. The maximum atomic E-state index is 12.7. The Balaban J connectivity index is 1.99. The molecule has 2 heterocycles. The van der Waals surface area contributed by atoms with Crippen LogP contribution < -0.4 is 11.2 Å². The van der Waals surface area contributed by atoms with E-state index in [2.05, 4.69) is 9.97 Å². The van der Waals surface area contributed by atoms with Crippen LogP contribution in [-0.4, -0.2) is 9.97 Å². The average molecular weight is 340 g/mol. The van der Waals surface area contributed by atoms with E-state index in [0.717, 1.165) is 10.8 Å². The standard InChI is InChI=1S/C21H12N2O3/c24-18-11-14(20-21(25)23-16-8-4-3-7-15(16)22-20)19-13-6-2-1-5-12(13)9-10-17(19)26-18/h1-11H,(H,23,25). The summed E-state index contributed by atoms with van der Waals surface area (Å²) in [4.78, 5) is 32.1. The quantitative estimate of drug-likeness (QED) is 0.371. The van der Waals surface area contributed by atoms with E-state index in [-0.39, 0.29) is 11.3 Å². The van der Waals surface area contributed by atoms with E-state index in [1.165, 1.54) is 6.07 Å². The first-order chi connectivity index (χ1) is 12.7. The fraction of sp³-hybridized carbons (Fsp3) is 0. The molecule has 5 rings (SSSR count). The SMILES string of the molecule is O=c1cc(-c2nc3ccccc3[nH]c2=O)c2c(ccc3ccccc32)o1. The van der Waals surface area contributed by atoms with Crippen LogP contribution in [0.3, 0.4) is 0 Å². The van der Waals surface area contributed by atoms with Crippen LogP contribution in [0.4, 0.5) is 0 Å². The molecule has 5 aromatic rings. The van der Waals surface area contributed by atoms with E-state index in [1.54, 1.807) is 12.1 Å². The number of para-hydroxylation sites is 2. The molecule has 26 heavy (non-hydrogen) atoms. The third-order valence-corrected chi connectivity index (χ3v) is 4.49. The molecule has 5 nitrogen and oxygen atoms in total. The predicted molar refractivity (Wildman–Crippen MR) is 101 cm³/mol. The number of H-pyrrole nitrogens is 1. The van der Waals surface area contributed by atoms with Crippen molar-refractivity contribution < 1.29 is 4.42 Å². The lowest BCUT2D eigenvalue weighted by molar-refractivity contribution is 0.562. The second-order valence-corrected chi connectivity index (χ2v) is 6.07. The van der Waals surface area contributed by atoms with Gasteiger partial charge in [0.1, 0.15) is 11.3 Å². The molecule has 0 spiro atoms. The van der Waals surface area contributed by atoms with Gasteiger partial charge in [0.25, 0.3) is 5.56 Å². The van der Waals surface area contributed by atoms with Crippen LogP contribution in [0.15, 0.2) is 80.7 Å². The minimum atomic E-state index is -0.517. The van der Waals surface area contributed by atoms with E-state index in [9.17, 15) is 9.59 Å². The first-order valence-electron chi connectivity index (χ1n) is 8.16. The Labute approximate surface area is 146 Å². The lowest BCUT2D eigenvalue weighted by atomic mass is 10.00. The molecule has 0 aliphatic rings. The lowest BCUT2D eigenvalue weighted by Gasteiger charge is -2.08. The summed E-state index contributed by atoms with van der Waals surface area (Å²) in [6.45, 7) is 0. The minimum Gasteiger partial charge on any atom is -0.423 e. The lowest BCUT2D eigenvalue weighted by Crippen LogP contribution is -2.13. The smallest absolute Gasteiger partial charge is 0.336 e. The molecule has 5 heteroatoms. The van der Waals surface area contributed by atoms with Crippen LogP contribution in [0, 0.1) is 0 Å². The number of aromatic amines is 1. The normalized spacial score (nSPS) is 11.4.